The Hall–Kier alpha value is -3.28. The quantitative estimate of drug-likeness (QED) is 0.676. The molecule has 0 fully saturated rings. The van der Waals surface area contributed by atoms with Crippen LogP contribution >= 0.6 is 0 Å². The molecule has 1 heterocycles. The SMILES string of the molecule is CC(=O)c1ccc(C)c(NC(=O)Cc2nc(-c3cccc(F)c3)oc2C)c1. The molecule has 0 bridgehead atoms. The molecule has 3 aromatic rings. The maximum absolute atomic E-state index is 13.4. The fraction of sp³-hybridized carbons (Fsp3) is 0.190. The number of aryl methyl sites for hydroxylation is 2. The molecule has 3 rings (SSSR count). The second kappa shape index (κ2) is 7.53. The minimum absolute atomic E-state index is 0.00832. The van der Waals surface area contributed by atoms with Gasteiger partial charge in [0.1, 0.15) is 11.6 Å². The molecule has 0 unspecified atom stereocenters. The van der Waals surface area contributed by atoms with Gasteiger partial charge in [-0.3, -0.25) is 9.59 Å². The Bertz CT molecular complexity index is 1020. The number of hydrogen-bond donors (Lipinski definition) is 1. The van der Waals surface area contributed by atoms with Crippen LogP contribution < -0.4 is 5.32 Å². The lowest BCUT2D eigenvalue weighted by atomic mass is 10.1. The Morgan fingerprint density at radius 2 is 1.93 bits per heavy atom. The Morgan fingerprint density at radius 3 is 2.63 bits per heavy atom. The molecule has 0 spiro atoms. The van der Waals surface area contributed by atoms with Gasteiger partial charge in [-0.2, -0.15) is 0 Å². The molecule has 0 aliphatic rings. The third-order valence-electron chi connectivity index (χ3n) is 4.21. The number of oxazole rings is 1. The van der Waals surface area contributed by atoms with E-state index in [1.54, 1.807) is 37.3 Å². The number of rotatable bonds is 5. The van der Waals surface area contributed by atoms with Gasteiger partial charge in [-0.25, -0.2) is 9.37 Å². The molecule has 2 aromatic carbocycles. The van der Waals surface area contributed by atoms with Gasteiger partial charge in [-0.1, -0.05) is 18.2 Å². The van der Waals surface area contributed by atoms with Crippen LogP contribution in [-0.4, -0.2) is 16.7 Å². The number of carbonyl (C=O) groups is 2. The van der Waals surface area contributed by atoms with E-state index >= 15 is 0 Å². The second-order valence-corrected chi connectivity index (χ2v) is 6.34. The van der Waals surface area contributed by atoms with Crippen LogP contribution in [0.25, 0.3) is 11.5 Å². The van der Waals surface area contributed by atoms with Crippen molar-refractivity contribution < 1.29 is 18.4 Å². The Morgan fingerprint density at radius 1 is 1.15 bits per heavy atom. The lowest BCUT2D eigenvalue weighted by Crippen LogP contribution is -2.16. The molecule has 5 nitrogen and oxygen atoms in total. The zero-order valence-corrected chi connectivity index (χ0v) is 15.3. The highest BCUT2D eigenvalue weighted by Gasteiger charge is 2.16. The molecule has 1 aromatic heterocycles. The molecule has 138 valence electrons. The molecule has 27 heavy (non-hydrogen) atoms. The summed E-state index contributed by atoms with van der Waals surface area (Å²) < 4.78 is 19.0. The third-order valence-corrected chi connectivity index (χ3v) is 4.21. The molecule has 6 heteroatoms. The number of amides is 1. The zero-order chi connectivity index (χ0) is 19.6. The normalized spacial score (nSPS) is 10.7. The fourth-order valence-electron chi connectivity index (χ4n) is 2.66. The first-order chi connectivity index (χ1) is 12.8. The summed E-state index contributed by atoms with van der Waals surface area (Å²) in [5.41, 5.74) is 2.95. The van der Waals surface area contributed by atoms with Gasteiger partial charge in [0.25, 0.3) is 0 Å². The van der Waals surface area contributed by atoms with E-state index in [0.717, 1.165) is 5.56 Å². The number of aromatic nitrogens is 1. The molecule has 1 amide bonds. The number of ketones is 1. The summed E-state index contributed by atoms with van der Waals surface area (Å²) in [5, 5.41) is 2.81. The van der Waals surface area contributed by atoms with Gasteiger partial charge in [-0.15, -0.1) is 0 Å². The summed E-state index contributed by atoms with van der Waals surface area (Å²) in [6.45, 7) is 5.03. The van der Waals surface area contributed by atoms with E-state index in [-0.39, 0.29) is 29.8 Å². The number of benzene rings is 2. The van der Waals surface area contributed by atoms with Gasteiger partial charge < -0.3 is 9.73 Å². The van der Waals surface area contributed by atoms with Crippen LogP contribution in [0.5, 0.6) is 0 Å². The van der Waals surface area contributed by atoms with Gasteiger partial charge in [0, 0.05) is 16.8 Å². The average molecular weight is 366 g/mol. The zero-order valence-electron chi connectivity index (χ0n) is 15.3. The highest BCUT2D eigenvalue weighted by molar-refractivity contribution is 5.98. The maximum Gasteiger partial charge on any atom is 0.230 e. The van der Waals surface area contributed by atoms with Crippen LogP contribution in [0.1, 0.15) is 34.3 Å². The van der Waals surface area contributed by atoms with E-state index in [0.29, 0.717) is 28.3 Å². The minimum Gasteiger partial charge on any atom is -0.441 e. The first-order valence-electron chi connectivity index (χ1n) is 8.47. The van der Waals surface area contributed by atoms with Crippen molar-refractivity contribution in [3.05, 3.63) is 70.9 Å². The molecule has 1 N–H and O–H groups in total. The van der Waals surface area contributed by atoms with Gasteiger partial charge in [0.05, 0.1) is 12.1 Å². The first kappa shape index (κ1) is 18.5. The molecule has 0 atom stereocenters. The van der Waals surface area contributed by atoms with Crippen LogP contribution in [0.15, 0.2) is 46.9 Å². The van der Waals surface area contributed by atoms with E-state index < -0.39 is 0 Å². The van der Waals surface area contributed by atoms with Crippen LogP contribution in [0.2, 0.25) is 0 Å². The Balaban J connectivity index is 1.77. The van der Waals surface area contributed by atoms with Crippen molar-refractivity contribution in [2.24, 2.45) is 0 Å². The number of nitrogens with one attached hydrogen (secondary N) is 1. The van der Waals surface area contributed by atoms with Crippen molar-refractivity contribution in [2.75, 3.05) is 5.32 Å². The average Bonchev–Trinajstić information content (AvgIpc) is 2.97. The van der Waals surface area contributed by atoms with Gasteiger partial charge in [-0.05, 0) is 50.6 Å². The highest BCUT2D eigenvalue weighted by Crippen LogP contribution is 2.23. The molecule has 0 aliphatic carbocycles. The predicted octanol–water partition coefficient (Wildman–Crippen LogP) is 4.48. The molecule has 0 saturated heterocycles. The third kappa shape index (κ3) is 4.28. The van der Waals surface area contributed by atoms with Crippen molar-refractivity contribution in [3.8, 4) is 11.5 Å². The summed E-state index contributed by atoms with van der Waals surface area (Å²) in [4.78, 5) is 28.3. The smallest absolute Gasteiger partial charge is 0.230 e. The maximum atomic E-state index is 13.4. The van der Waals surface area contributed by atoms with Crippen molar-refractivity contribution in [1.82, 2.24) is 4.98 Å². The largest absolute Gasteiger partial charge is 0.441 e. The highest BCUT2D eigenvalue weighted by atomic mass is 19.1. The number of Topliss-reactive ketones (excluding diaryl/α,β-unsaturated/α-hetero) is 1. The van der Waals surface area contributed by atoms with E-state index in [2.05, 4.69) is 10.3 Å². The number of hydrogen-bond acceptors (Lipinski definition) is 4. The summed E-state index contributed by atoms with van der Waals surface area (Å²) in [7, 11) is 0. The monoisotopic (exact) mass is 366 g/mol. The minimum atomic E-state index is -0.386. The van der Waals surface area contributed by atoms with Gasteiger partial charge >= 0.3 is 0 Å². The van der Waals surface area contributed by atoms with E-state index in [1.807, 2.05) is 6.92 Å². The Kier molecular flexibility index (Phi) is 5.16. The van der Waals surface area contributed by atoms with Crippen molar-refractivity contribution >= 4 is 17.4 Å². The Labute approximate surface area is 156 Å². The number of carbonyl (C=O) groups excluding carboxylic acids is 2. The number of nitrogens with zero attached hydrogens (tertiary/aromatic N) is 1. The van der Waals surface area contributed by atoms with Crippen LogP contribution in [0.4, 0.5) is 10.1 Å². The predicted molar refractivity (Wildman–Crippen MR) is 100 cm³/mol. The molecule has 0 saturated carbocycles. The van der Waals surface area contributed by atoms with E-state index in [4.69, 9.17) is 4.42 Å². The van der Waals surface area contributed by atoms with Crippen molar-refractivity contribution in [2.45, 2.75) is 27.2 Å². The topological polar surface area (TPSA) is 72.2 Å². The molecular weight excluding hydrogens is 347 g/mol. The van der Waals surface area contributed by atoms with Crippen molar-refractivity contribution in [3.63, 3.8) is 0 Å². The first-order valence-corrected chi connectivity index (χ1v) is 8.47. The summed E-state index contributed by atoms with van der Waals surface area (Å²) in [5.74, 6) is 0.0326. The second-order valence-electron chi connectivity index (χ2n) is 6.34. The molecule has 0 aliphatic heterocycles. The standard InChI is InChI=1S/C21H19FN2O3/c1-12-7-8-15(13(2)25)10-18(12)23-20(26)11-19-14(3)27-21(24-19)16-5-4-6-17(22)9-16/h4-10H,11H2,1-3H3,(H,23,26). The van der Waals surface area contributed by atoms with Gasteiger partial charge in [0.2, 0.25) is 11.8 Å². The molecular formula is C21H19FN2O3. The lowest BCUT2D eigenvalue weighted by Gasteiger charge is -2.09. The summed E-state index contributed by atoms with van der Waals surface area (Å²) in [6, 6.07) is 11.1. The van der Waals surface area contributed by atoms with E-state index in [1.165, 1.54) is 19.1 Å². The fourth-order valence-corrected chi connectivity index (χ4v) is 2.66. The lowest BCUT2D eigenvalue weighted by molar-refractivity contribution is -0.115. The summed E-state index contributed by atoms with van der Waals surface area (Å²) in [6.07, 6.45) is 0.00832. The van der Waals surface area contributed by atoms with Crippen LogP contribution in [0.3, 0.4) is 0 Å². The van der Waals surface area contributed by atoms with E-state index in [9.17, 15) is 14.0 Å². The van der Waals surface area contributed by atoms with Gasteiger partial charge in [0.15, 0.2) is 5.78 Å². The molecule has 0 radical (unpaired) electrons. The number of halogens is 1. The number of anilines is 1. The summed E-state index contributed by atoms with van der Waals surface area (Å²) >= 11 is 0. The van der Waals surface area contributed by atoms with Crippen LogP contribution in [-0.2, 0) is 11.2 Å². The van der Waals surface area contributed by atoms with Crippen LogP contribution in [0, 0.1) is 19.7 Å². The van der Waals surface area contributed by atoms with Crippen molar-refractivity contribution in [1.29, 1.82) is 0 Å².